The molecule has 0 fully saturated rings. The maximum atomic E-state index is 12.8. The summed E-state index contributed by atoms with van der Waals surface area (Å²) in [6.07, 6.45) is 0. The van der Waals surface area contributed by atoms with Crippen LogP contribution in [0.4, 0.5) is 11.4 Å². The number of rotatable bonds is 6. The smallest absolute Gasteiger partial charge is 0.262 e. The van der Waals surface area contributed by atoms with E-state index < -0.39 is 15.4 Å². The van der Waals surface area contributed by atoms with Gasteiger partial charge >= 0.3 is 0 Å². The molecular weight excluding hydrogens is 408 g/mol. The molecule has 0 unspecified atom stereocenters. The summed E-state index contributed by atoms with van der Waals surface area (Å²) in [5.41, 5.74) is 0.753. The lowest BCUT2D eigenvalue weighted by Crippen LogP contribution is -2.34. The van der Waals surface area contributed by atoms with Crippen molar-refractivity contribution in [1.82, 2.24) is 0 Å². The SMILES string of the molecule is CC(C)(C(=O)Nc1cccc(S(=O)(=O)Nc2ccccc2Cl)c1)c1ccccc1. The second-order valence-corrected chi connectivity index (χ2v) is 9.15. The Morgan fingerprint density at radius 2 is 1.55 bits per heavy atom. The number of benzene rings is 3. The lowest BCUT2D eigenvalue weighted by atomic mass is 9.83. The largest absolute Gasteiger partial charge is 0.325 e. The highest BCUT2D eigenvalue weighted by molar-refractivity contribution is 7.92. The molecule has 0 saturated carbocycles. The van der Waals surface area contributed by atoms with Gasteiger partial charge in [0.2, 0.25) is 5.91 Å². The van der Waals surface area contributed by atoms with Crippen molar-refractivity contribution in [1.29, 1.82) is 0 Å². The predicted molar refractivity (Wildman–Crippen MR) is 117 cm³/mol. The molecule has 0 aromatic heterocycles. The van der Waals surface area contributed by atoms with E-state index in [4.69, 9.17) is 11.6 Å². The molecule has 0 saturated heterocycles. The van der Waals surface area contributed by atoms with Crippen LogP contribution in [0.2, 0.25) is 5.02 Å². The van der Waals surface area contributed by atoms with Gasteiger partial charge in [0.25, 0.3) is 10.0 Å². The average molecular weight is 429 g/mol. The van der Waals surface area contributed by atoms with Crippen LogP contribution in [0.25, 0.3) is 0 Å². The number of hydrogen-bond acceptors (Lipinski definition) is 3. The van der Waals surface area contributed by atoms with Gasteiger partial charge in [0.05, 0.1) is 21.0 Å². The van der Waals surface area contributed by atoms with Crippen LogP contribution in [0.15, 0.2) is 83.8 Å². The zero-order valence-electron chi connectivity index (χ0n) is 16.0. The first-order valence-corrected chi connectivity index (χ1v) is 10.8. The summed E-state index contributed by atoms with van der Waals surface area (Å²) in [5, 5.41) is 3.11. The number of halogens is 1. The van der Waals surface area contributed by atoms with Crippen molar-refractivity contribution in [2.24, 2.45) is 0 Å². The van der Waals surface area contributed by atoms with Gasteiger partial charge in [0.1, 0.15) is 0 Å². The molecule has 3 rings (SSSR count). The normalized spacial score (nSPS) is 11.7. The number of sulfonamides is 1. The standard InChI is InChI=1S/C22H21ClN2O3S/c1-22(2,16-9-4-3-5-10-16)21(26)24-17-11-8-12-18(15-17)29(27,28)25-20-14-7-6-13-19(20)23/h3-15,25H,1-2H3,(H,24,26). The summed E-state index contributed by atoms with van der Waals surface area (Å²) in [4.78, 5) is 12.9. The zero-order chi connectivity index (χ0) is 21.1. The number of carbonyl (C=O) groups is 1. The Hall–Kier alpha value is -2.83. The first-order chi connectivity index (χ1) is 13.7. The summed E-state index contributed by atoms with van der Waals surface area (Å²) in [7, 11) is -3.87. The minimum Gasteiger partial charge on any atom is -0.325 e. The van der Waals surface area contributed by atoms with E-state index in [-0.39, 0.29) is 16.5 Å². The van der Waals surface area contributed by atoms with Gasteiger partial charge < -0.3 is 5.32 Å². The van der Waals surface area contributed by atoms with Gasteiger partial charge in [-0.15, -0.1) is 0 Å². The summed E-state index contributed by atoms with van der Waals surface area (Å²) in [5.74, 6) is -0.239. The molecule has 5 nitrogen and oxygen atoms in total. The van der Waals surface area contributed by atoms with Crippen LogP contribution < -0.4 is 10.0 Å². The van der Waals surface area contributed by atoms with Gasteiger partial charge in [-0.2, -0.15) is 0 Å². The molecule has 0 atom stereocenters. The van der Waals surface area contributed by atoms with Crippen molar-refractivity contribution in [2.45, 2.75) is 24.2 Å². The lowest BCUT2D eigenvalue weighted by molar-refractivity contribution is -0.120. The Bertz CT molecular complexity index is 1130. The van der Waals surface area contributed by atoms with E-state index in [0.717, 1.165) is 5.56 Å². The van der Waals surface area contributed by atoms with Crippen LogP contribution in [0.3, 0.4) is 0 Å². The highest BCUT2D eigenvalue weighted by Gasteiger charge is 2.29. The number of amides is 1. The molecule has 0 aliphatic heterocycles. The number of nitrogens with one attached hydrogen (secondary N) is 2. The minimum atomic E-state index is -3.87. The third kappa shape index (κ3) is 4.78. The number of carbonyl (C=O) groups excluding carboxylic acids is 1. The molecule has 0 aliphatic rings. The quantitative estimate of drug-likeness (QED) is 0.576. The van der Waals surface area contributed by atoms with E-state index in [2.05, 4.69) is 10.0 Å². The Labute approximate surface area is 175 Å². The summed E-state index contributed by atoms with van der Waals surface area (Å²) >= 11 is 6.04. The second kappa shape index (κ2) is 8.27. The summed E-state index contributed by atoms with van der Waals surface area (Å²) in [6, 6.07) is 22.1. The molecular formula is C22H21ClN2O3S. The molecule has 3 aromatic carbocycles. The first-order valence-electron chi connectivity index (χ1n) is 8.94. The number of hydrogen-bond donors (Lipinski definition) is 2. The fourth-order valence-electron chi connectivity index (χ4n) is 2.76. The summed E-state index contributed by atoms with van der Waals surface area (Å²) in [6.45, 7) is 3.63. The van der Waals surface area contributed by atoms with Crippen LogP contribution in [0.1, 0.15) is 19.4 Å². The highest BCUT2D eigenvalue weighted by Crippen LogP contribution is 2.27. The molecule has 0 radical (unpaired) electrons. The molecule has 0 spiro atoms. The molecule has 7 heteroatoms. The third-order valence-electron chi connectivity index (χ3n) is 4.58. The van der Waals surface area contributed by atoms with Crippen LogP contribution in [0, 0.1) is 0 Å². The van der Waals surface area contributed by atoms with Gasteiger partial charge in [-0.25, -0.2) is 8.42 Å². The van der Waals surface area contributed by atoms with Gasteiger partial charge in [0, 0.05) is 5.69 Å². The maximum Gasteiger partial charge on any atom is 0.262 e. The topological polar surface area (TPSA) is 75.3 Å². The average Bonchev–Trinajstić information content (AvgIpc) is 2.70. The van der Waals surface area contributed by atoms with Crippen molar-refractivity contribution in [3.8, 4) is 0 Å². The Kier molecular flexibility index (Phi) is 5.96. The van der Waals surface area contributed by atoms with E-state index in [1.165, 1.54) is 12.1 Å². The Balaban J connectivity index is 1.82. The van der Waals surface area contributed by atoms with E-state index in [1.54, 1.807) is 36.4 Å². The molecule has 2 N–H and O–H groups in total. The highest BCUT2D eigenvalue weighted by atomic mass is 35.5. The van der Waals surface area contributed by atoms with Crippen LogP contribution in [0.5, 0.6) is 0 Å². The molecule has 0 heterocycles. The Morgan fingerprint density at radius 1 is 0.897 bits per heavy atom. The van der Waals surface area contributed by atoms with Crippen molar-refractivity contribution < 1.29 is 13.2 Å². The van der Waals surface area contributed by atoms with Gasteiger partial charge in [-0.3, -0.25) is 9.52 Å². The van der Waals surface area contributed by atoms with E-state index >= 15 is 0 Å². The number of anilines is 2. The maximum absolute atomic E-state index is 12.8. The zero-order valence-corrected chi connectivity index (χ0v) is 17.6. The fourth-order valence-corrected chi connectivity index (χ4v) is 4.13. The number of para-hydroxylation sites is 1. The molecule has 3 aromatic rings. The molecule has 29 heavy (non-hydrogen) atoms. The van der Waals surface area contributed by atoms with Crippen molar-refractivity contribution in [3.63, 3.8) is 0 Å². The van der Waals surface area contributed by atoms with Gasteiger partial charge in [0.15, 0.2) is 0 Å². The minimum absolute atomic E-state index is 0.0211. The predicted octanol–water partition coefficient (Wildman–Crippen LogP) is 5.06. The van der Waals surface area contributed by atoms with Crippen LogP contribution >= 0.6 is 11.6 Å². The lowest BCUT2D eigenvalue weighted by Gasteiger charge is -2.24. The Morgan fingerprint density at radius 3 is 2.24 bits per heavy atom. The van der Waals surface area contributed by atoms with Gasteiger partial charge in [-0.1, -0.05) is 60.1 Å². The van der Waals surface area contributed by atoms with E-state index in [0.29, 0.717) is 10.7 Å². The second-order valence-electron chi connectivity index (χ2n) is 7.06. The van der Waals surface area contributed by atoms with Crippen molar-refractivity contribution in [3.05, 3.63) is 89.4 Å². The molecule has 0 bridgehead atoms. The van der Waals surface area contributed by atoms with E-state index in [1.807, 2.05) is 44.2 Å². The first kappa shape index (κ1) is 20.9. The monoisotopic (exact) mass is 428 g/mol. The van der Waals surface area contributed by atoms with E-state index in [9.17, 15) is 13.2 Å². The van der Waals surface area contributed by atoms with Crippen molar-refractivity contribution >= 4 is 38.9 Å². The van der Waals surface area contributed by atoms with Crippen molar-refractivity contribution in [2.75, 3.05) is 10.0 Å². The molecule has 150 valence electrons. The van der Waals surface area contributed by atoms with Crippen LogP contribution in [-0.2, 0) is 20.2 Å². The summed E-state index contributed by atoms with van der Waals surface area (Å²) < 4.78 is 27.9. The molecule has 1 amide bonds. The molecule has 0 aliphatic carbocycles. The fraction of sp³-hybridized carbons (Fsp3) is 0.136. The third-order valence-corrected chi connectivity index (χ3v) is 6.28. The van der Waals surface area contributed by atoms with Gasteiger partial charge in [-0.05, 0) is 49.7 Å². The van der Waals surface area contributed by atoms with Crippen LogP contribution in [-0.4, -0.2) is 14.3 Å².